The van der Waals surface area contributed by atoms with E-state index in [4.69, 9.17) is 0 Å². The van der Waals surface area contributed by atoms with E-state index >= 15 is 0 Å². The Labute approximate surface area is 135 Å². The number of hydrogen-bond acceptors (Lipinski definition) is 3. The zero-order valence-corrected chi connectivity index (χ0v) is 13.5. The Hall–Kier alpha value is -2.21. The van der Waals surface area contributed by atoms with Gasteiger partial charge in [0.05, 0.1) is 6.20 Å². The predicted molar refractivity (Wildman–Crippen MR) is 88.8 cm³/mol. The zero-order valence-electron chi connectivity index (χ0n) is 13.5. The van der Waals surface area contributed by atoms with Gasteiger partial charge in [-0.3, -0.25) is 9.89 Å². The van der Waals surface area contributed by atoms with Crippen LogP contribution in [0.5, 0.6) is 0 Å². The Morgan fingerprint density at radius 1 is 1.43 bits per heavy atom. The number of nitrogens with one attached hydrogen (secondary N) is 3. The third kappa shape index (κ3) is 5.83. The Bertz CT molecular complexity index is 641. The summed E-state index contributed by atoms with van der Waals surface area (Å²) in [7, 11) is 0. The van der Waals surface area contributed by atoms with Crippen LogP contribution in [0.15, 0.2) is 30.5 Å². The first-order chi connectivity index (χ1) is 11.0. The number of carbonyl (C=O) groups excluding carboxylic acids is 1. The molecule has 0 aliphatic rings. The van der Waals surface area contributed by atoms with E-state index in [-0.39, 0.29) is 17.8 Å². The maximum atomic E-state index is 13.1. The van der Waals surface area contributed by atoms with Gasteiger partial charge in [-0.05, 0) is 57.0 Å². The predicted octanol–water partition coefficient (Wildman–Crippen LogP) is 2.80. The number of rotatable bonds is 8. The van der Waals surface area contributed by atoms with Crippen LogP contribution < -0.4 is 10.6 Å². The molecule has 0 bridgehead atoms. The minimum atomic E-state index is -0.358. The van der Waals surface area contributed by atoms with E-state index in [1.54, 1.807) is 12.1 Å². The monoisotopic (exact) mass is 318 g/mol. The number of amides is 1. The molecule has 6 heteroatoms. The smallest absolute Gasteiger partial charge is 0.225 e. The van der Waals surface area contributed by atoms with Gasteiger partial charge in [-0.25, -0.2) is 4.39 Å². The maximum Gasteiger partial charge on any atom is 0.225 e. The van der Waals surface area contributed by atoms with Gasteiger partial charge in [0.15, 0.2) is 0 Å². The average molecular weight is 318 g/mol. The summed E-state index contributed by atoms with van der Waals surface area (Å²) in [6.07, 6.45) is 4.14. The SMILES string of the molecule is Cc1[nH]ncc1CCCN[C@H](C)CC(=O)Nc1cccc(F)c1. The highest BCUT2D eigenvalue weighted by Crippen LogP contribution is 2.10. The van der Waals surface area contributed by atoms with Crippen LogP contribution in [0.1, 0.15) is 31.0 Å². The maximum absolute atomic E-state index is 13.1. The number of benzene rings is 1. The Kier molecular flexibility index (Phi) is 6.29. The second-order valence-corrected chi connectivity index (χ2v) is 5.74. The molecule has 2 rings (SSSR count). The molecule has 0 saturated carbocycles. The van der Waals surface area contributed by atoms with E-state index in [0.717, 1.165) is 25.1 Å². The lowest BCUT2D eigenvalue weighted by atomic mass is 10.1. The number of H-pyrrole nitrogens is 1. The van der Waals surface area contributed by atoms with Gasteiger partial charge in [-0.1, -0.05) is 6.07 Å². The normalized spacial score (nSPS) is 12.1. The summed E-state index contributed by atoms with van der Waals surface area (Å²) >= 11 is 0. The molecule has 0 spiro atoms. The number of anilines is 1. The lowest BCUT2D eigenvalue weighted by Gasteiger charge is -2.13. The standard InChI is InChI=1S/C17H23FN4O/c1-12(19-8-4-5-14-11-20-22-13(14)2)9-17(23)21-16-7-3-6-15(18)10-16/h3,6-7,10-12,19H,4-5,8-9H2,1-2H3,(H,20,22)(H,21,23)/t12-/m1/s1. The molecule has 0 radical (unpaired) electrons. The van der Waals surface area contributed by atoms with Crippen molar-refractivity contribution in [2.45, 2.75) is 39.2 Å². The molecule has 23 heavy (non-hydrogen) atoms. The van der Waals surface area contributed by atoms with Crippen molar-refractivity contribution >= 4 is 11.6 Å². The molecule has 0 aliphatic carbocycles. The van der Waals surface area contributed by atoms with Crippen molar-refractivity contribution in [1.82, 2.24) is 15.5 Å². The molecule has 0 aliphatic heterocycles. The van der Waals surface area contributed by atoms with Crippen LogP contribution in [-0.2, 0) is 11.2 Å². The first-order valence-electron chi connectivity index (χ1n) is 7.82. The second kappa shape index (κ2) is 8.43. The van der Waals surface area contributed by atoms with Crippen LogP contribution in [0.2, 0.25) is 0 Å². The average Bonchev–Trinajstić information content (AvgIpc) is 2.89. The summed E-state index contributed by atoms with van der Waals surface area (Å²) in [6.45, 7) is 4.81. The van der Waals surface area contributed by atoms with Gasteiger partial charge in [0.2, 0.25) is 5.91 Å². The Balaban J connectivity index is 1.65. The molecular weight excluding hydrogens is 295 g/mol. The number of halogens is 1. The fourth-order valence-corrected chi connectivity index (χ4v) is 2.38. The van der Waals surface area contributed by atoms with E-state index in [9.17, 15) is 9.18 Å². The lowest BCUT2D eigenvalue weighted by molar-refractivity contribution is -0.116. The minimum absolute atomic E-state index is 0.0639. The first kappa shape index (κ1) is 17.1. The molecule has 1 heterocycles. The summed E-state index contributed by atoms with van der Waals surface area (Å²) in [5.41, 5.74) is 2.81. The van der Waals surface area contributed by atoms with Crippen molar-refractivity contribution in [2.24, 2.45) is 0 Å². The molecule has 1 aromatic heterocycles. The highest BCUT2D eigenvalue weighted by atomic mass is 19.1. The highest BCUT2D eigenvalue weighted by molar-refractivity contribution is 5.91. The van der Waals surface area contributed by atoms with Gasteiger partial charge >= 0.3 is 0 Å². The topological polar surface area (TPSA) is 69.8 Å². The fourth-order valence-electron chi connectivity index (χ4n) is 2.38. The molecular formula is C17H23FN4O. The molecule has 0 saturated heterocycles. The number of carbonyl (C=O) groups is 1. The Morgan fingerprint density at radius 3 is 2.96 bits per heavy atom. The third-order valence-electron chi connectivity index (χ3n) is 3.65. The first-order valence-corrected chi connectivity index (χ1v) is 7.82. The van der Waals surface area contributed by atoms with Gasteiger partial charge in [0, 0.05) is 23.8 Å². The third-order valence-corrected chi connectivity index (χ3v) is 3.65. The second-order valence-electron chi connectivity index (χ2n) is 5.74. The summed E-state index contributed by atoms with van der Waals surface area (Å²) in [5, 5.41) is 12.9. The molecule has 1 atom stereocenters. The van der Waals surface area contributed by atoms with Crippen molar-refractivity contribution in [2.75, 3.05) is 11.9 Å². The van der Waals surface area contributed by atoms with Gasteiger partial charge < -0.3 is 10.6 Å². The highest BCUT2D eigenvalue weighted by Gasteiger charge is 2.09. The number of hydrogen-bond donors (Lipinski definition) is 3. The van der Waals surface area contributed by atoms with E-state index in [0.29, 0.717) is 12.1 Å². The summed E-state index contributed by atoms with van der Waals surface area (Å²) in [4.78, 5) is 11.9. The van der Waals surface area contributed by atoms with Crippen LogP contribution in [0.25, 0.3) is 0 Å². The van der Waals surface area contributed by atoms with Gasteiger partial charge in [-0.2, -0.15) is 5.10 Å². The van der Waals surface area contributed by atoms with E-state index in [1.165, 1.54) is 17.7 Å². The quantitative estimate of drug-likeness (QED) is 0.656. The molecule has 3 N–H and O–H groups in total. The van der Waals surface area contributed by atoms with Gasteiger partial charge in [-0.15, -0.1) is 0 Å². The summed E-state index contributed by atoms with van der Waals surface area (Å²) in [6, 6.07) is 5.97. The van der Waals surface area contributed by atoms with Crippen LogP contribution in [0, 0.1) is 12.7 Å². The molecule has 5 nitrogen and oxygen atoms in total. The molecule has 124 valence electrons. The minimum Gasteiger partial charge on any atom is -0.326 e. The fraction of sp³-hybridized carbons (Fsp3) is 0.412. The molecule has 0 unspecified atom stereocenters. The number of aromatic nitrogens is 2. The Morgan fingerprint density at radius 2 is 2.26 bits per heavy atom. The van der Waals surface area contributed by atoms with Crippen LogP contribution in [-0.4, -0.2) is 28.7 Å². The number of nitrogens with zero attached hydrogens (tertiary/aromatic N) is 1. The molecule has 1 aromatic carbocycles. The summed E-state index contributed by atoms with van der Waals surface area (Å²) < 4.78 is 13.1. The molecule has 0 fully saturated rings. The van der Waals surface area contributed by atoms with Gasteiger partial charge in [0.1, 0.15) is 5.82 Å². The van der Waals surface area contributed by atoms with Crippen molar-refractivity contribution in [3.63, 3.8) is 0 Å². The summed E-state index contributed by atoms with van der Waals surface area (Å²) in [5.74, 6) is -0.482. The number of aryl methyl sites for hydroxylation is 2. The van der Waals surface area contributed by atoms with Crippen molar-refractivity contribution in [3.8, 4) is 0 Å². The number of aromatic amines is 1. The van der Waals surface area contributed by atoms with Crippen molar-refractivity contribution in [3.05, 3.63) is 47.5 Å². The zero-order chi connectivity index (χ0) is 16.7. The van der Waals surface area contributed by atoms with E-state index < -0.39 is 0 Å². The van der Waals surface area contributed by atoms with Gasteiger partial charge in [0.25, 0.3) is 0 Å². The van der Waals surface area contributed by atoms with Crippen LogP contribution in [0.3, 0.4) is 0 Å². The van der Waals surface area contributed by atoms with Crippen LogP contribution >= 0.6 is 0 Å². The van der Waals surface area contributed by atoms with E-state index in [2.05, 4.69) is 20.8 Å². The largest absolute Gasteiger partial charge is 0.326 e. The molecule has 2 aromatic rings. The lowest BCUT2D eigenvalue weighted by Crippen LogP contribution is -2.31. The van der Waals surface area contributed by atoms with Crippen LogP contribution in [0.4, 0.5) is 10.1 Å². The van der Waals surface area contributed by atoms with Crippen molar-refractivity contribution < 1.29 is 9.18 Å². The molecule has 1 amide bonds. The van der Waals surface area contributed by atoms with Crippen molar-refractivity contribution in [1.29, 1.82) is 0 Å². The van der Waals surface area contributed by atoms with E-state index in [1.807, 2.05) is 20.0 Å².